The molecule has 5 nitrogen and oxygen atoms in total. The molecule has 0 spiro atoms. The molecule has 5 heteroatoms. The number of ether oxygens (including phenoxy) is 1. The van der Waals surface area contributed by atoms with Crippen LogP contribution in [0.3, 0.4) is 0 Å². The highest BCUT2D eigenvalue weighted by molar-refractivity contribution is 5.89. The smallest absolute Gasteiger partial charge is 0.338 e. The lowest BCUT2D eigenvalue weighted by Gasteiger charge is -2.58. The van der Waals surface area contributed by atoms with E-state index in [2.05, 4.69) is 34.6 Å². The highest BCUT2D eigenvalue weighted by Gasteiger charge is 2.62. The minimum absolute atomic E-state index is 0.0852. The number of fused-ring (bicyclic) bond motifs is 5. The third-order valence-electron chi connectivity index (χ3n) is 11.8. The van der Waals surface area contributed by atoms with Gasteiger partial charge in [0.15, 0.2) is 0 Å². The van der Waals surface area contributed by atoms with Crippen molar-refractivity contribution in [1.82, 2.24) is 0 Å². The van der Waals surface area contributed by atoms with E-state index in [1.165, 1.54) is 44.9 Å². The van der Waals surface area contributed by atoms with Crippen LogP contribution in [0.5, 0.6) is 0 Å². The van der Waals surface area contributed by atoms with E-state index in [1.807, 2.05) is 18.2 Å². The van der Waals surface area contributed by atoms with Crippen molar-refractivity contribution in [2.24, 2.45) is 46.3 Å². The topological polar surface area (TPSA) is 69.4 Å². The molecule has 0 saturated heterocycles. The van der Waals surface area contributed by atoms with Crippen molar-refractivity contribution < 1.29 is 14.5 Å². The van der Waals surface area contributed by atoms with Crippen LogP contribution in [0.1, 0.15) is 116 Å². The maximum atomic E-state index is 12.8. The Morgan fingerprint density at radius 1 is 1.00 bits per heavy atom. The summed E-state index contributed by atoms with van der Waals surface area (Å²) in [6, 6.07) is 9.08. The number of rotatable bonds is 8. The summed E-state index contributed by atoms with van der Waals surface area (Å²) in [6.45, 7) is 12.0. The van der Waals surface area contributed by atoms with Crippen molar-refractivity contribution in [3.8, 4) is 0 Å². The Morgan fingerprint density at radius 2 is 1.74 bits per heavy atom. The second-order valence-corrected chi connectivity index (χ2v) is 14.3. The lowest BCUT2D eigenvalue weighted by atomic mass is 9.46. The van der Waals surface area contributed by atoms with E-state index in [0.29, 0.717) is 47.3 Å². The number of carbonyl (C=O) groups is 1. The summed E-state index contributed by atoms with van der Waals surface area (Å²) in [5, 5.41) is 12.5. The van der Waals surface area contributed by atoms with Crippen LogP contribution in [0, 0.1) is 56.5 Å². The van der Waals surface area contributed by atoms with E-state index >= 15 is 0 Å². The fraction of sp³-hybridized carbons (Fsp3) is 0.735. The molecule has 8 atom stereocenters. The van der Waals surface area contributed by atoms with Gasteiger partial charge in [-0.15, -0.1) is 0 Å². The lowest BCUT2D eigenvalue weighted by molar-refractivity contribution is -0.434. The van der Waals surface area contributed by atoms with Crippen molar-refractivity contribution >= 4 is 5.97 Å². The van der Waals surface area contributed by atoms with Gasteiger partial charge in [0.2, 0.25) is 5.70 Å². The predicted molar refractivity (Wildman–Crippen MR) is 155 cm³/mol. The molecule has 5 rings (SSSR count). The first kappa shape index (κ1) is 28.4. The Bertz CT molecular complexity index is 1100. The van der Waals surface area contributed by atoms with Crippen molar-refractivity contribution in [3.05, 3.63) is 57.3 Å². The van der Waals surface area contributed by atoms with E-state index in [0.717, 1.165) is 36.2 Å². The largest absolute Gasteiger partial charge is 0.458 e. The van der Waals surface area contributed by atoms with Gasteiger partial charge in [0, 0.05) is 18.4 Å². The number of benzene rings is 1. The monoisotopic (exact) mass is 535 g/mol. The maximum Gasteiger partial charge on any atom is 0.338 e. The van der Waals surface area contributed by atoms with Gasteiger partial charge in [0.05, 0.1) is 10.5 Å². The van der Waals surface area contributed by atoms with Gasteiger partial charge < -0.3 is 4.74 Å². The van der Waals surface area contributed by atoms with Crippen LogP contribution < -0.4 is 0 Å². The predicted octanol–water partition coefficient (Wildman–Crippen LogP) is 8.86. The van der Waals surface area contributed by atoms with E-state index in [4.69, 9.17) is 4.74 Å². The first-order valence-corrected chi connectivity index (χ1v) is 15.7. The summed E-state index contributed by atoms with van der Waals surface area (Å²) < 4.78 is 5.91. The molecule has 1 aromatic carbocycles. The van der Waals surface area contributed by atoms with Gasteiger partial charge in [-0.05, 0) is 97.0 Å². The highest BCUT2D eigenvalue weighted by Crippen LogP contribution is 2.68. The van der Waals surface area contributed by atoms with Crippen LogP contribution in [0.2, 0.25) is 0 Å². The molecular weight excluding hydrogens is 486 g/mol. The molecular formula is C34H49NO4. The van der Waals surface area contributed by atoms with Crippen molar-refractivity contribution in [2.45, 2.75) is 111 Å². The molecule has 0 bridgehead atoms. The third kappa shape index (κ3) is 5.20. The van der Waals surface area contributed by atoms with Gasteiger partial charge in [0.25, 0.3) is 0 Å². The van der Waals surface area contributed by atoms with Gasteiger partial charge in [0.1, 0.15) is 6.10 Å². The molecule has 0 aromatic heterocycles. The molecule has 0 radical (unpaired) electrons. The van der Waals surface area contributed by atoms with E-state index < -0.39 is 0 Å². The number of nitrogens with zero attached hydrogens (tertiary/aromatic N) is 1. The van der Waals surface area contributed by atoms with Crippen LogP contribution in [0.4, 0.5) is 0 Å². The SMILES string of the molecule is CC(C)CCC[C@H](C)[C@H]1CC[C@H]2[C@@H]3CC([N+](=O)[O-])=C4C[C@@H](OC(=O)c5ccccc5)CC[C@]4(C)[C@H]3CC[C@]12C. The number of nitro groups is 1. The summed E-state index contributed by atoms with van der Waals surface area (Å²) in [7, 11) is 0. The average molecular weight is 536 g/mol. The van der Waals surface area contributed by atoms with Crippen LogP contribution in [-0.4, -0.2) is 17.0 Å². The maximum absolute atomic E-state index is 12.8. The molecule has 39 heavy (non-hydrogen) atoms. The Balaban J connectivity index is 1.35. The second-order valence-electron chi connectivity index (χ2n) is 14.3. The first-order valence-electron chi connectivity index (χ1n) is 15.7. The number of carbonyl (C=O) groups excluding carboxylic acids is 1. The Morgan fingerprint density at radius 3 is 2.44 bits per heavy atom. The summed E-state index contributed by atoms with van der Waals surface area (Å²) in [5.74, 6) is 3.38. The third-order valence-corrected chi connectivity index (χ3v) is 11.8. The van der Waals surface area contributed by atoms with Crippen molar-refractivity contribution in [1.29, 1.82) is 0 Å². The van der Waals surface area contributed by atoms with Gasteiger partial charge in [-0.1, -0.05) is 72.1 Å². The normalized spacial score (nSPS) is 36.6. The minimum atomic E-state index is -0.325. The molecule has 3 fully saturated rings. The molecule has 214 valence electrons. The van der Waals surface area contributed by atoms with Crippen LogP contribution in [0.15, 0.2) is 41.6 Å². The zero-order valence-electron chi connectivity index (χ0n) is 24.8. The zero-order valence-corrected chi connectivity index (χ0v) is 24.8. The highest BCUT2D eigenvalue weighted by atomic mass is 16.6. The molecule has 4 aliphatic carbocycles. The Labute approximate surface area is 235 Å². The number of hydrogen-bond acceptors (Lipinski definition) is 4. The molecule has 0 aliphatic heterocycles. The lowest BCUT2D eigenvalue weighted by Crippen LogP contribution is -2.52. The molecule has 0 heterocycles. The molecule has 3 saturated carbocycles. The van der Waals surface area contributed by atoms with Crippen molar-refractivity contribution in [2.75, 3.05) is 0 Å². The van der Waals surface area contributed by atoms with Crippen LogP contribution >= 0.6 is 0 Å². The quantitative estimate of drug-likeness (QED) is 0.189. The molecule has 1 aromatic rings. The summed E-state index contributed by atoms with van der Waals surface area (Å²) in [5.41, 5.74) is 2.10. The summed E-state index contributed by atoms with van der Waals surface area (Å²) in [6.07, 6.45) is 11.3. The molecule has 4 aliphatic rings. The van der Waals surface area contributed by atoms with E-state index in [-0.39, 0.29) is 22.4 Å². The molecule has 0 N–H and O–H groups in total. The standard InChI is InChI=1S/C34H49NO4/c1-22(2)10-9-11-23(3)27-14-15-28-26-21-31(35(37)38)30-20-25(39-32(36)24-12-7-6-8-13-24)16-18-34(30,5)29(26)17-19-33(27,28)4/h6-8,12-13,22-23,25-29H,9-11,14-21H2,1-5H3/t23-,25-,26-,27+,28-,29-,33+,34+/m0/s1. The summed E-state index contributed by atoms with van der Waals surface area (Å²) in [4.78, 5) is 25.2. The minimum Gasteiger partial charge on any atom is -0.458 e. The second kappa shape index (κ2) is 11.0. The molecule has 0 unspecified atom stereocenters. The first-order chi connectivity index (χ1) is 18.5. The van der Waals surface area contributed by atoms with Gasteiger partial charge in [-0.25, -0.2) is 4.79 Å². The van der Waals surface area contributed by atoms with Gasteiger partial charge in [-0.3, -0.25) is 10.1 Å². The van der Waals surface area contributed by atoms with Crippen LogP contribution in [-0.2, 0) is 4.74 Å². The number of hydrogen-bond donors (Lipinski definition) is 0. The van der Waals surface area contributed by atoms with E-state index in [9.17, 15) is 14.9 Å². The van der Waals surface area contributed by atoms with Gasteiger partial charge >= 0.3 is 5.97 Å². The fourth-order valence-electron chi connectivity index (χ4n) is 9.84. The fourth-order valence-corrected chi connectivity index (χ4v) is 9.84. The van der Waals surface area contributed by atoms with E-state index in [1.54, 1.807) is 12.1 Å². The Kier molecular flexibility index (Phi) is 8.01. The zero-order chi connectivity index (χ0) is 27.9. The average Bonchev–Trinajstić information content (AvgIpc) is 3.26. The van der Waals surface area contributed by atoms with Gasteiger partial charge in [-0.2, -0.15) is 0 Å². The number of esters is 1. The van der Waals surface area contributed by atoms with Crippen LogP contribution in [0.25, 0.3) is 0 Å². The molecule has 0 amide bonds. The number of allylic oxidation sites excluding steroid dienone is 1. The van der Waals surface area contributed by atoms with Crippen molar-refractivity contribution in [3.63, 3.8) is 0 Å². The Hall–Kier alpha value is -2.17. The summed E-state index contributed by atoms with van der Waals surface area (Å²) >= 11 is 0.